The molecule has 1 fully saturated rings. The summed E-state index contributed by atoms with van der Waals surface area (Å²) < 4.78 is 0. The standard InChI is InChI=1S/C14H23N3/c1-4-15-9-13-11(3)16-17-14(13)12-7-5-10(2)6-8-12/h5-8,11,13-17H,4,9H2,1-3H3. The number of aryl methyl sites for hydroxylation is 1. The van der Waals surface area contributed by atoms with Crippen molar-refractivity contribution < 1.29 is 0 Å². The van der Waals surface area contributed by atoms with Crippen molar-refractivity contribution in [2.24, 2.45) is 5.92 Å². The summed E-state index contributed by atoms with van der Waals surface area (Å²) in [6, 6.07) is 9.73. The fourth-order valence-electron chi connectivity index (χ4n) is 2.43. The first-order valence-electron chi connectivity index (χ1n) is 6.50. The molecular formula is C14H23N3. The van der Waals surface area contributed by atoms with E-state index in [1.165, 1.54) is 11.1 Å². The Labute approximate surface area is 104 Å². The first kappa shape index (κ1) is 12.6. The fraction of sp³-hybridized carbons (Fsp3) is 0.571. The minimum absolute atomic E-state index is 0.407. The van der Waals surface area contributed by atoms with Crippen molar-refractivity contribution in [3.63, 3.8) is 0 Å². The van der Waals surface area contributed by atoms with Gasteiger partial charge in [-0.15, -0.1) is 0 Å². The van der Waals surface area contributed by atoms with Crippen molar-refractivity contribution in [1.29, 1.82) is 0 Å². The highest BCUT2D eigenvalue weighted by Gasteiger charge is 2.33. The van der Waals surface area contributed by atoms with E-state index in [0.717, 1.165) is 13.1 Å². The van der Waals surface area contributed by atoms with Crippen LogP contribution in [0.3, 0.4) is 0 Å². The van der Waals surface area contributed by atoms with Gasteiger partial charge in [0, 0.05) is 18.5 Å². The highest BCUT2D eigenvalue weighted by Crippen LogP contribution is 2.28. The van der Waals surface area contributed by atoms with Crippen molar-refractivity contribution in [1.82, 2.24) is 16.2 Å². The summed E-state index contributed by atoms with van der Waals surface area (Å²) in [5.74, 6) is 0.595. The average Bonchev–Trinajstić information content (AvgIpc) is 2.69. The van der Waals surface area contributed by atoms with Crippen molar-refractivity contribution in [2.45, 2.75) is 32.9 Å². The maximum absolute atomic E-state index is 3.45. The van der Waals surface area contributed by atoms with Crippen LogP contribution >= 0.6 is 0 Å². The Bertz CT molecular complexity index is 347. The molecule has 1 aromatic rings. The lowest BCUT2D eigenvalue weighted by Crippen LogP contribution is -2.32. The Hall–Kier alpha value is -0.900. The summed E-state index contributed by atoms with van der Waals surface area (Å²) in [4.78, 5) is 0. The molecular weight excluding hydrogens is 210 g/mol. The maximum atomic E-state index is 3.45. The lowest BCUT2D eigenvalue weighted by atomic mass is 9.90. The number of benzene rings is 1. The normalized spacial score (nSPS) is 28.5. The van der Waals surface area contributed by atoms with E-state index in [-0.39, 0.29) is 0 Å². The van der Waals surface area contributed by atoms with E-state index >= 15 is 0 Å². The van der Waals surface area contributed by atoms with E-state index in [9.17, 15) is 0 Å². The Morgan fingerprint density at radius 2 is 1.88 bits per heavy atom. The van der Waals surface area contributed by atoms with Crippen LogP contribution in [0.25, 0.3) is 0 Å². The summed E-state index contributed by atoms with van der Waals surface area (Å²) in [7, 11) is 0. The topological polar surface area (TPSA) is 36.1 Å². The smallest absolute Gasteiger partial charge is 0.0518 e. The van der Waals surface area contributed by atoms with Crippen molar-refractivity contribution in [3.8, 4) is 0 Å². The summed E-state index contributed by atoms with van der Waals surface area (Å²) >= 11 is 0. The molecule has 0 bridgehead atoms. The van der Waals surface area contributed by atoms with Gasteiger partial charge in [-0.05, 0) is 26.0 Å². The monoisotopic (exact) mass is 233 g/mol. The molecule has 17 heavy (non-hydrogen) atoms. The minimum Gasteiger partial charge on any atom is -0.317 e. The molecule has 2 rings (SSSR count). The van der Waals surface area contributed by atoms with Gasteiger partial charge in [0.25, 0.3) is 0 Å². The third-order valence-electron chi connectivity index (χ3n) is 3.60. The molecule has 3 heteroatoms. The molecule has 0 amide bonds. The lowest BCUT2D eigenvalue weighted by Gasteiger charge is -2.21. The quantitative estimate of drug-likeness (QED) is 0.741. The Morgan fingerprint density at radius 1 is 1.18 bits per heavy atom. The minimum atomic E-state index is 0.407. The predicted octanol–water partition coefficient (Wildman–Crippen LogP) is 1.76. The number of hydrogen-bond acceptors (Lipinski definition) is 3. The maximum Gasteiger partial charge on any atom is 0.0518 e. The molecule has 1 aromatic carbocycles. The molecule has 3 N–H and O–H groups in total. The van der Waals surface area contributed by atoms with Crippen molar-refractivity contribution in [2.75, 3.05) is 13.1 Å². The van der Waals surface area contributed by atoms with Crippen LogP contribution in [-0.4, -0.2) is 19.1 Å². The van der Waals surface area contributed by atoms with Crippen LogP contribution in [0.5, 0.6) is 0 Å². The Kier molecular flexibility index (Phi) is 4.15. The van der Waals surface area contributed by atoms with Gasteiger partial charge in [0.2, 0.25) is 0 Å². The van der Waals surface area contributed by atoms with E-state index in [1.54, 1.807) is 0 Å². The summed E-state index contributed by atoms with van der Waals surface area (Å²) in [6.07, 6.45) is 0. The second-order valence-electron chi connectivity index (χ2n) is 4.94. The first-order valence-corrected chi connectivity index (χ1v) is 6.50. The van der Waals surface area contributed by atoms with Crippen LogP contribution in [0.4, 0.5) is 0 Å². The second kappa shape index (κ2) is 5.63. The van der Waals surface area contributed by atoms with Gasteiger partial charge in [-0.25, -0.2) is 5.43 Å². The van der Waals surface area contributed by atoms with Gasteiger partial charge in [-0.3, -0.25) is 5.43 Å². The Balaban J connectivity index is 2.10. The van der Waals surface area contributed by atoms with E-state index in [1.807, 2.05) is 0 Å². The molecule has 3 unspecified atom stereocenters. The van der Waals surface area contributed by atoms with E-state index < -0.39 is 0 Å². The molecule has 1 saturated heterocycles. The lowest BCUT2D eigenvalue weighted by molar-refractivity contribution is 0.408. The van der Waals surface area contributed by atoms with Crippen LogP contribution in [0.2, 0.25) is 0 Å². The number of nitrogens with one attached hydrogen (secondary N) is 3. The molecule has 0 aromatic heterocycles. The number of hydrazine groups is 1. The van der Waals surface area contributed by atoms with Gasteiger partial charge < -0.3 is 5.32 Å². The number of rotatable bonds is 4. The van der Waals surface area contributed by atoms with Gasteiger partial charge in [0.1, 0.15) is 0 Å². The fourth-order valence-corrected chi connectivity index (χ4v) is 2.43. The SMILES string of the molecule is CCNCC1C(C)NNC1c1ccc(C)cc1. The largest absolute Gasteiger partial charge is 0.317 e. The van der Waals surface area contributed by atoms with Gasteiger partial charge in [-0.2, -0.15) is 0 Å². The third kappa shape index (κ3) is 2.86. The molecule has 1 aliphatic heterocycles. The average molecular weight is 233 g/mol. The molecule has 0 aliphatic carbocycles. The highest BCUT2D eigenvalue weighted by atomic mass is 15.4. The molecule has 94 valence electrons. The van der Waals surface area contributed by atoms with Crippen LogP contribution in [0, 0.1) is 12.8 Å². The van der Waals surface area contributed by atoms with E-state index in [2.05, 4.69) is 61.2 Å². The second-order valence-corrected chi connectivity index (χ2v) is 4.94. The molecule has 3 atom stereocenters. The van der Waals surface area contributed by atoms with Crippen LogP contribution in [-0.2, 0) is 0 Å². The zero-order valence-electron chi connectivity index (χ0n) is 11.0. The Morgan fingerprint density at radius 3 is 2.53 bits per heavy atom. The molecule has 1 heterocycles. The van der Waals surface area contributed by atoms with Crippen molar-refractivity contribution >= 4 is 0 Å². The molecule has 3 nitrogen and oxygen atoms in total. The van der Waals surface area contributed by atoms with Crippen LogP contribution in [0.1, 0.15) is 31.0 Å². The third-order valence-corrected chi connectivity index (χ3v) is 3.60. The first-order chi connectivity index (χ1) is 8.22. The summed E-state index contributed by atoms with van der Waals surface area (Å²) in [5.41, 5.74) is 9.45. The summed E-state index contributed by atoms with van der Waals surface area (Å²) in [5, 5.41) is 3.45. The van der Waals surface area contributed by atoms with Crippen LogP contribution < -0.4 is 16.2 Å². The predicted molar refractivity (Wildman–Crippen MR) is 71.7 cm³/mol. The van der Waals surface area contributed by atoms with Gasteiger partial charge >= 0.3 is 0 Å². The van der Waals surface area contributed by atoms with Crippen molar-refractivity contribution in [3.05, 3.63) is 35.4 Å². The van der Waals surface area contributed by atoms with Gasteiger partial charge in [0.15, 0.2) is 0 Å². The summed E-state index contributed by atoms with van der Waals surface area (Å²) in [6.45, 7) is 8.60. The molecule has 0 saturated carbocycles. The zero-order chi connectivity index (χ0) is 12.3. The van der Waals surface area contributed by atoms with Gasteiger partial charge in [-0.1, -0.05) is 36.8 Å². The van der Waals surface area contributed by atoms with Crippen LogP contribution in [0.15, 0.2) is 24.3 Å². The highest BCUT2D eigenvalue weighted by molar-refractivity contribution is 5.25. The molecule has 1 aliphatic rings. The van der Waals surface area contributed by atoms with E-state index in [4.69, 9.17) is 0 Å². The molecule has 0 radical (unpaired) electrons. The molecule has 0 spiro atoms. The number of hydrogen-bond donors (Lipinski definition) is 3. The van der Waals surface area contributed by atoms with E-state index in [0.29, 0.717) is 18.0 Å². The van der Waals surface area contributed by atoms with Gasteiger partial charge in [0.05, 0.1) is 6.04 Å². The zero-order valence-corrected chi connectivity index (χ0v) is 11.0.